The fraction of sp³-hybridized carbons (Fsp3) is 0.375. The zero-order chi connectivity index (χ0) is 23.9. The molecule has 10 heteroatoms. The highest BCUT2D eigenvalue weighted by Gasteiger charge is 2.74. The van der Waals surface area contributed by atoms with Gasteiger partial charge in [-0.15, -0.1) is 0 Å². The van der Waals surface area contributed by atoms with Gasteiger partial charge in [0.2, 0.25) is 17.7 Å². The lowest BCUT2D eigenvalue weighted by Crippen LogP contribution is -2.54. The molecule has 2 aromatic rings. The van der Waals surface area contributed by atoms with Gasteiger partial charge in [0.1, 0.15) is 11.3 Å². The number of rotatable bonds is 3. The molecular weight excluding hydrogens is 440 g/mol. The Balaban J connectivity index is 1.55. The van der Waals surface area contributed by atoms with E-state index in [4.69, 9.17) is 4.74 Å². The summed E-state index contributed by atoms with van der Waals surface area (Å²) in [6, 6.07) is 9.35. The van der Waals surface area contributed by atoms with Crippen LogP contribution in [-0.2, 0) is 19.9 Å². The SMILES string of the molecule is COc1ccc2c(c1)[C@]1(C(=O)N2)[C@@H]2C(=O)N(c3cccc([N+](=O)[O-])c3C)C(=O)[C@@H]2[C@H]2CCCN21. The van der Waals surface area contributed by atoms with Gasteiger partial charge >= 0.3 is 0 Å². The van der Waals surface area contributed by atoms with Crippen molar-refractivity contribution in [3.8, 4) is 5.75 Å². The number of fused-ring (bicyclic) bond motifs is 7. The summed E-state index contributed by atoms with van der Waals surface area (Å²) in [7, 11) is 1.53. The van der Waals surface area contributed by atoms with E-state index in [1.54, 1.807) is 24.3 Å². The van der Waals surface area contributed by atoms with Gasteiger partial charge < -0.3 is 10.1 Å². The van der Waals surface area contributed by atoms with Gasteiger partial charge in [-0.3, -0.25) is 29.4 Å². The normalized spacial score (nSPS) is 29.4. The minimum Gasteiger partial charge on any atom is -0.497 e. The molecule has 0 bridgehead atoms. The number of benzene rings is 2. The van der Waals surface area contributed by atoms with E-state index in [2.05, 4.69) is 5.32 Å². The first-order valence-electron chi connectivity index (χ1n) is 11.2. The summed E-state index contributed by atoms with van der Waals surface area (Å²) in [5.41, 5.74) is 0.177. The molecule has 4 aliphatic rings. The van der Waals surface area contributed by atoms with Gasteiger partial charge in [0.15, 0.2) is 0 Å². The van der Waals surface area contributed by atoms with E-state index in [0.29, 0.717) is 30.0 Å². The second kappa shape index (κ2) is 6.86. The van der Waals surface area contributed by atoms with Crippen molar-refractivity contribution < 1.29 is 24.0 Å². The average Bonchev–Trinajstić information content (AvgIpc) is 3.52. The molecule has 174 valence electrons. The molecule has 0 aliphatic carbocycles. The highest BCUT2D eigenvalue weighted by Crippen LogP contribution is 2.61. The number of nitrogens with zero attached hydrogens (tertiary/aromatic N) is 3. The van der Waals surface area contributed by atoms with Crippen LogP contribution in [0.5, 0.6) is 5.75 Å². The lowest BCUT2D eigenvalue weighted by Gasteiger charge is -2.36. The highest BCUT2D eigenvalue weighted by molar-refractivity contribution is 6.26. The number of nitro benzene ring substituents is 1. The fourth-order valence-corrected chi connectivity index (χ4v) is 6.60. The first-order chi connectivity index (χ1) is 16.3. The van der Waals surface area contributed by atoms with Gasteiger partial charge in [0.05, 0.1) is 35.1 Å². The molecule has 3 amide bonds. The van der Waals surface area contributed by atoms with Gasteiger partial charge in [-0.1, -0.05) is 6.07 Å². The quantitative estimate of drug-likeness (QED) is 0.422. The zero-order valence-corrected chi connectivity index (χ0v) is 18.6. The standard InChI is InChI=1S/C24H22N4O6/c1-12-16(5-3-6-17(12)28(32)33)27-21(29)19-18-7-4-10-26(18)24(20(19)22(27)30)14-11-13(34-2)8-9-15(14)25-23(24)31/h3,5-6,8-9,11,18-20H,4,7,10H2,1-2H3,(H,25,31)/t18-,19-,20+,24-/m1/s1. The number of amides is 3. The number of imide groups is 1. The maximum atomic E-state index is 14.0. The maximum Gasteiger partial charge on any atom is 0.274 e. The predicted octanol–water partition coefficient (Wildman–Crippen LogP) is 2.34. The van der Waals surface area contributed by atoms with Crippen LogP contribution < -0.4 is 15.0 Å². The lowest BCUT2D eigenvalue weighted by atomic mass is 9.75. The number of carbonyl (C=O) groups is 3. The van der Waals surface area contributed by atoms with E-state index < -0.39 is 34.1 Å². The van der Waals surface area contributed by atoms with E-state index in [1.807, 2.05) is 4.90 Å². The Kier molecular flexibility index (Phi) is 4.20. The molecule has 10 nitrogen and oxygen atoms in total. The second-order valence-corrected chi connectivity index (χ2v) is 9.23. The Morgan fingerprint density at radius 2 is 1.97 bits per heavy atom. The van der Waals surface area contributed by atoms with Gasteiger partial charge in [0.25, 0.3) is 5.69 Å². The van der Waals surface area contributed by atoms with Crippen molar-refractivity contribution in [3.63, 3.8) is 0 Å². The minimum atomic E-state index is -1.33. The van der Waals surface area contributed by atoms with Gasteiger partial charge in [-0.25, -0.2) is 4.90 Å². The molecule has 4 heterocycles. The third-order valence-corrected chi connectivity index (χ3v) is 7.91. The van der Waals surface area contributed by atoms with E-state index in [9.17, 15) is 24.5 Å². The van der Waals surface area contributed by atoms with Crippen molar-refractivity contribution in [2.45, 2.75) is 31.3 Å². The molecule has 0 unspecified atom stereocenters. The van der Waals surface area contributed by atoms with Crippen LogP contribution in [-0.4, -0.2) is 47.2 Å². The van der Waals surface area contributed by atoms with Crippen LogP contribution in [0.15, 0.2) is 36.4 Å². The molecule has 0 radical (unpaired) electrons. The molecule has 3 fully saturated rings. The summed E-state index contributed by atoms with van der Waals surface area (Å²) in [6.07, 6.45) is 1.50. The first-order valence-corrected chi connectivity index (χ1v) is 11.2. The Morgan fingerprint density at radius 1 is 1.18 bits per heavy atom. The monoisotopic (exact) mass is 462 g/mol. The van der Waals surface area contributed by atoms with Crippen molar-refractivity contribution >= 4 is 34.8 Å². The number of methoxy groups -OCH3 is 1. The molecule has 34 heavy (non-hydrogen) atoms. The van der Waals surface area contributed by atoms with Crippen molar-refractivity contribution in [2.24, 2.45) is 11.8 Å². The van der Waals surface area contributed by atoms with Gasteiger partial charge in [0, 0.05) is 23.4 Å². The van der Waals surface area contributed by atoms with E-state index in [1.165, 1.54) is 26.2 Å². The second-order valence-electron chi connectivity index (χ2n) is 9.23. The predicted molar refractivity (Wildman–Crippen MR) is 120 cm³/mol. The number of hydrogen-bond acceptors (Lipinski definition) is 7. The van der Waals surface area contributed by atoms with Gasteiger partial charge in [-0.2, -0.15) is 0 Å². The van der Waals surface area contributed by atoms with Crippen LogP contribution in [0.2, 0.25) is 0 Å². The van der Waals surface area contributed by atoms with Crippen molar-refractivity contribution in [2.75, 3.05) is 23.9 Å². The number of nitrogens with one attached hydrogen (secondary N) is 1. The molecular formula is C24H22N4O6. The molecule has 0 aromatic heterocycles. The first kappa shape index (κ1) is 20.8. The molecule has 3 saturated heterocycles. The number of anilines is 2. The van der Waals surface area contributed by atoms with E-state index in [0.717, 1.165) is 11.3 Å². The van der Waals surface area contributed by atoms with Crippen LogP contribution in [0.25, 0.3) is 0 Å². The Bertz CT molecular complexity index is 1310. The third-order valence-electron chi connectivity index (χ3n) is 7.91. The van der Waals surface area contributed by atoms with E-state index >= 15 is 0 Å². The average molecular weight is 462 g/mol. The Morgan fingerprint density at radius 3 is 2.71 bits per heavy atom. The fourth-order valence-electron chi connectivity index (χ4n) is 6.60. The molecule has 4 atom stereocenters. The Labute approximate surface area is 194 Å². The van der Waals surface area contributed by atoms with Crippen LogP contribution in [0.3, 0.4) is 0 Å². The topological polar surface area (TPSA) is 122 Å². The Hall–Kier alpha value is -3.79. The molecule has 4 aliphatic heterocycles. The highest BCUT2D eigenvalue weighted by atomic mass is 16.6. The summed E-state index contributed by atoms with van der Waals surface area (Å²) < 4.78 is 5.41. The summed E-state index contributed by atoms with van der Waals surface area (Å²) in [5.74, 6) is -2.32. The lowest BCUT2D eigenvalue weighted by molar-refractivity contribution is -0.385. The van der Waals surface area contributed by atoms with Crippen LogP contribution >= 0.6 is 0 Å². The van der Waals surface area contributed by atoms with Crippen LogP contribution in [0.4, 0.5) is 17.1 Å². The number of carbonyl (C=O) groups excluding carboxylic acids is 3. The summed E-state index contributed by atoms with van der Waals surface area (Å²) in [6.45, 7) is 2.13. The molecule has 1 N–H and O–H groups in total. The molecule has 2 aromatic carbocycles. The smallest absolute Gasteiger partial charge is 0.274 e. The van der Waals surface area contributed by atoms with Crippen molar-refractivity contribution in [1.29, 1.82) is 0 Å². The van der Waals surface area contributed by atoms with E-state index in [-0.39, 0.29) is 28.9 Å². The summed E-state index contributed by atoms with van der Waals surface area (Å²) in [4.78, 5) is 55.6. The maximum absolute atomic E-state index is 14.0. The van der Waals surface area contributed by atoms with Crippen molar-refractivity contribution in [1.82, 2.24) is 4.90 Å². The minimum absolute atomic E-state index is 0.166. The molecule has 1 spiro atoms. The van der Waals surface area contributed by atoms with Crippen LogP contribution in [0.1, 0.15) is 24.0 Å². The van der Waals surface area contributed by atoms with Crippen LogP contribution in [0, 0.1) is 28.9 Å². The zero-order valence-electron chi connectivity index (χ0n) is 18.6. The number of ether oxygens (including phenoxy) is 1. The summed E-state index contributed by atoms with van der Waals surface area (Å²) >= 11 is 0. The largest absolute Gasteiger partial charge is 0.497 e. The van der Waals surface area contributed by atoms with Gasteiger partial charge in [-0.05, 0) is 50.6 Å². The number of nitro groups is 1. The summed E-state index contributed by atoms with van der Waals surface area (Å²) in [5, 5.41) is 14.4. The molecule has 6 rings (SSSR count). The molecule has 0 saturated carbocycles. The third kappa shape index (κ3) is 2.30. The van der Waals surface area contributed by atoms with Crippen molar-refractivity contribution in [3.05, 3.63) is 57.6 Å². The number of hydrogen-bond donors (Lipinski definition) is 1.